The third-order valence-corrected chi connectivity index (χ3v) is 0. The maximum Gasteiger partial charge on any atom is 2.00 e. The molecule has 0 rings (SSSR count). The molecule has 8 heavy (non-hydrogen) atoms. The van der Waals surface area contributed by atoms with Gasteiger partial charge in [-0.25, -0.2) is 0 Å². The summed E-state index contributed by atoms with van der Waals surface area (Å²) in [5, 5.41) is 0. The van der Waals surface area contributed by atoms with Gasteiger partial charge in [-0.15, -0.1) is 0 Å². The summed E-state index contributed by atoms with van der Waals surface area (Å²) in [7, 11) is 0. The van der Waals surface area contributed by atoms with E-state index in [1.165, 1.54) is 0 Å². The van der Waals surface area contributed by atoms with Gasteiger partial charge in [-0.05, 0) is 0 Å². The maximum absolute atomic E-state index is 8.24. The van der Waals surface area contributed by atoms with E-state index in [1.807, 2.05) is 0 Å². The predicted octanol–water partition coefficient (Wildman–Crippen LogP) is -5.58. The zero-order chi connectivity index (χ0) is 5.41. The van der Waals surface area contributed by atoms with E-state index in [0.717, 1.165) is 0 Å². The Balaban J connectivity index is -0.0000000160. The molecule has 2 N–H and O–H groups in total. The second kappa shape index (κ2) is 44.9. The van der Waals surface area contributed by atoms with Crippen LogP contribution in [0.15, 0.2) is 0 Å². The van der Waals surface area contributed by atoms with Gasteiger partial charge in [0.2, 0.25) is 0 Å². The van der Waals surface area contributed by atoms with Crippen LogP contribution in [0.2, 0.25) is 0 Å². The van der Waals surface area contributed by atoms with E-state index in [-0.39, 0.29) is 22.3 Å². The first-order chi connectivity index (χ1) is 2.83. The molecule has 0 bridgehead atoms. The Morgan fingerprint density at radius 2 is 0.750 bits per heavy atom. The molecule has 0 fully saturated rings. The van der Waals surface area contributed by atoms with Gasteiger partial charge in [-0.1, -0.05) is 0 Å². The normalized spacial score (nSPS) is 4.50. The Kier molecular flexibility index (Phi) is 130. The van der Waals surface area contributed by atoms with Gasteiger partial charge in [0.25, 0.3) is 0 Å². The molecule has 0 unspecified atom stereocenters. The molecule has 0 amide bonds. The van der Waals surface area contributed by atoms with Crippen LogP contribution in [-0.2, 0) is 16.8 Å². The number of hydrogen-bond donors (Lipinski definition) is 0. The smallest absolute Gasteiger partial charge is 0.544 e. The van der Waals surface area contributed by atoms with Crippen LogP contribution in [0.1, 0.15) is 0 Å². The molecular formula is H2Cl2CoO5. The number of halogens is 2. The quantitative estimate of drug-likeness (QED) is 0.396. The van der Waals surface area contributed by atoms with Crippen LogP contribution >= 0.6 is 0 Å². The van der Waals surface area contributed by atoms with Crippen LogP contribution in [0.3, 0.4) is 0 Å². The first-order valence-corrected chi connectivity index (χ1v) is 1.85. The van der Waals surface area contributed by atoms with Crippen LogP contribution < -0.4 is 18.6 Å². The minimum absolute atomic E-state index is 0. The van der Waals surface area contributed by atoms with E-state index in [2.05, 4.69) is 0 Å². The molecule has 0 heterocycles. The van der Waals surface area contributed by atoms with Crippen molar-refractivity contribution in [3.63, 3.8) is 0 Å². The van der Waals surface area contributed by atoms with Crippen LogP contribution in [-0.4, -0.2) is 5.48 Å². The zero-order valence-electron chi connectivity index (χ0n) is 3.22. The van der Waals surface area contributed by atoms with Crippen LogP contribution in [0, 0.1) is 22.7 Å². The second-order valence-electron chi connectivity index (χ2n) is 0.126. The topological polar surface area (TPSA) is 124 Å². The summed E-state index contributed by atoms with van der Waals surface area (Å²) < 4.78 is 32.9. The summed E-state index contributed by atoms with van der Waals surface area (Å²) in [6.45, 7) is 0. The minimum atomic E-state index is -0.417. The Morgan fingerprint density at radius 3 is 0.750 bits per heavy atom. The predicted molar refractivity (Wildman–Crippen MR) is 3.61 cm³/mol. The summed E-state index contributed by atoms with van der Waals surface area (Å²) >= 11 is -0.833. The van der Waals surface area contributed by atoms with Crippen molar-refractivity contribution in [1.82, 2.24) is 0 Å². The Hall–Kier alpha value is 0.886. The van der Waals surface area contributed by atoms with Crippen molar-refractivity contribution < 1.29 is 63.5 Å². The van der Waals surface area contributed by atoms with Gasteiger partial charge in [-0.2, -0.15) is 0 Å². The van der Waals surface area contributed by atoms with Crippen molar-refractivity contribution in [2.24, 2.45) is 0 Å². The third kappa shape index (κ3) is 304. The Labute approximate surface area is 64.0 Å². The van der Waals surface area contributed by atoms with Crippen LogP contribution in [0.4, 0.5) is 0 Å². The molecule has 55 valence electrons. The molecule has 0 aromatic rings. The van der Waals surface area contributed by atoms with E-state index in [4.69, 9.17) is 18.6 Å². The average Bonchev–Trinajstić information content (AvgIpc) is 1.39. The van der Waals surface area contributed by atoms with Crippen molar-refractivity contribution in [1.29, 1.82) is 0 Å². The van der Waals surface area contributed by atoms with Gasteiger partial charge >= 0.3 is 16.8 Å². The molecule has 0 aromatic heterocycles. The Bertz CT molecular complexity index is 12.4. The molecule has 0 aliphatic heterocycles. The fraction of sp³-hybridized carbons (Fsp3) is 0. The summed E-state index contributed by atoms with van der Waals surface area (Å²) in [5.74, 6) is 0. The van der Waals surface area contributed by atoms with E-state index in [0.29, 0.717) is 0 Å². The monoisotopic (exact) mass is 211 g/mol. The molecule has 0 aliphatic carbocycles. The molecule has 0 saturated carbocycles. The number of rotatable bonds is 0. The van der Waals surface area contributed by atoms with Gasteiger partial charge in [0.15, 0.2) is 0 Å². The van der Waals surface area contributed by atoms with E-state index >= 15 is 0 Å². The second-order valence-corrected chi connectivity index (χ2v) is 0.378. The summed E-state index contributed by atoms with van der Waals surface area (Å²) in [6.07, 6.45) is 0. The summed E-state index contributed by atoms with van der Waals surface area (Å²) in [4.78, 5) is 0. The fourth-order valence-electron chi connectivity index (χ4n) is 0. The van der Waals surface area contributed by atoms with Gasteiger partial charge in [-0.3, -0.25) is 0 Å². The molecular weight excluding hydrogens is 210 g/mol. The van der Waals surface area contributed by atoms with Gasteiger partial charge in [0.05, 0.1) is 22.7 Å². The largest absolute Gasteiger partial charge is 2.00 e. The minimum Gasteiger partial charge on any atom is -0.544 e. The number of hydrogen-bond acceptors (Lipinski definition) is 4. The van der Waals surface area contributed by atoms with Crippen LogP contribution in [0.5, 0.6) is 0 Å². The molecule has 0 spiro atoms. The molecule has 0 saturated heterocycles. The van der Waals surface area contributed by atoms with Gasteiger partial charge in [0, 0.05) is 0 Å². The van der Waals surface area contributed by atoms with Gasteiger partial charge in [0.1, 0.15) is 0 Å². The SMILES string of the molecule is O.[Co+2].[O-][Cl+][O-].[O-][Cl+][O-]. The molecule has 5 nitrogen and oxygen atoms in total. The summed E-state index contributed by atoms with van der Waals surface area (Å²) in [6, 6.07) is 0. The Morgan fingerprint density at radius 1 is 0.750 bits per heavy atom. The first kappa shape index (κ1) is 23.1. The molecule has 1 radical (unpaired) electrons. The van der Waals surface area contributed by atoms with Crippen molar-refractivity contribution >= 4 is 0 Å². The van der Waals surface area contributed by atoms with Crippen molar-refractivity contribution in [3.05, 3.63) is 0 Å². The van der Waals surface area contributed by atoms with Crippen molar-refractivity contribution in [3.8, 4) is 0 Å². The molecule has 0 atom stereocenters. The van der Waals surface area contributed by atoms with Crippen molar-refractivity contribution in [2.75, 3.05) is 0 Å². The van der Waals surface area contributed by atoms with Crippen molar-refractivity contribution in [2.45, 2.75) is 0 Å². The maximum atomic E-state index is 8.24. The summed E-state index contributed by atoms with van der Waals surface area (Å²) in [5.41, 5.74) is 0. The molecule has 0 aromatic carbocycles. The first-order valence-electron chi connectivity index (χ1n) is 0.617. The van der Waals surface area contributed by atoms with E-state index in [9.17, 15) is 0 Å². The molecule has 8 heteroatoms. The third-order valence-electron chi connectivity index (χ3n) is 0. The average molecular weight is 212 g/mol. The molecule has 0 aliphatic rings. The zero-order valence-corrected chi connectivity index (χ0v) is 5.78. The van der Waals surface area contributed by atoms with Gasteiger partial charge < -0.3 is 24.1 Å². The fourth-order valence-corrected chi connectivity index (χ4v) is 0. The standard InChI is InChI=1S/2ClO2.Co.H2O/c2*2-1-3;;/h;;;1H2/q2*-1;+2;. The van der Waals surface area contributed by atoms with E-state index < -0.39 is 22.7 Å². The van der Waals surface area contributed by atoms with Crippen LogP contribution in [0.25, 0.3) is 0 Å². The van der Waals surface area contributed by atoms with E-state index in [1.54, 1.807) is 0 Å².